The Kier molecular flexibility index (Phi) is 17.6. The SMILES string of the molecule is CCN=c1cc2oc3cc(NCC)c(C)cc3c(-c3ccc(C(=O)NCCCCCCCNP(=O)(O)OP(=O)(O)OP(=O)(O)OC[C@H]4O[C@@H](n5ccc(N)nc5=O)C[C@@H]4O)cc3C(=O)O)c-2cc1C. The Bertz CT molecular complexity index is 2950. The molecule has 1 aromatic heterocycles. The van der Waals surface area contributed by atoms with Gasteiger partial charge in [-0.2, -0.15) is 13.6 Å². The molecule has 2 aromatic carbocycles. The normalized spacial score (nSPS) is 19.0. The zero-order valence-corrected chi connectivity index (χ0v) is 40.9. The number of ether oxygens (including phenoxy) is 1. The van der Waals surface area contributed by atoms with Crippen LogP contribution in [-0.2, 0) is 31.6 Å². The monoisotopic (exact) mass is 1020 g/mol. The summed E-state index contributed by atoms with van der Waals surface area (Å²) in [5.41, 5.74) is 9.81. The first-order valence-electron chi connectivity index (χ1n) is 22.0. The van der Waals surface area contributed by atoms with Gasteiger partial charge < -0.3 is 50.4 Å². The summed E-state index contributed by atoms with van der Waals surface area (Å²) in [5.74, 6) is -1.19. The number of benzene rings is 3. The maximum Gasteiger partial charge on any atom is 0.489 e. The zero-order chi connectivity index (χ0) is 50.3. The number of anilines is 2. The van der Waals surface area contributed by atoms with Gasteiger partial charge in [-0.25, -0.2) is 28.4 Å². The zero-order valence-electron chi connectivity index (χ0n) is 38.2. The van der Waals surface area contributed by atoms with E-state index in [9.17, 15) is 53.0 Å². The van der Waals surface area contributed by atoms with Gasteiger partial charge in [0.05, 0.1) is 23.6 Å². The number of aromatic carboxylic acids is 1. The number of carboxylic acids is 1. The smallest absolute Gasteiger partial charge is 0.478 e. The van der Waals surface area contributed by atoms with Crippen molar-refractivity contribution in [2.75, 3.05) is 43.8 Å². The molecule has 69 heavy (non-hydrogen) atoms. The number of hydrogen-bond acceptors (Lipinski definition) is 16. The summed E-state index contributed by atoms with van der Waals surface area (Å²) in [4.78, 5) is 76.4. The minimum atomic E-state index is -5.70. The highest BCUT2D eigenvalue weighted by Crippen LogP contribution is 2.66. The van der Waals surface area contributed by atoms with Crippen LogP contribution in [0.4, 0.5) is 11.5 Å². The summed E-state index contributed by atoms with van der Waals surface area (Å²) in [6.07, 6.45) is 0.119. The van der Waals surface area contributed by atoms with Crippen LogP contribution in [0.1, 0.15) is 90.4 Å². The van der Waals surface area contributed by atoms with Gasteiger partial charge in [-0.3, -0.25) is 18.9 Å². The second kappa shape index (κ2) is 22.7. The number of carboxylic acid groups (broad SMARTS) is 1. The lowest BCUT2D eigenvalue weighted by molar-refractivity contribution is -0.0449. The molecule has 26 heteroatoms. The number of aliphatic hydroxyl groups excluding tert-OH is 1. The number of unbranched alkanes of at least 4 members (excludes halogenated alkanes) is 4. The maximum absolute atomic E-state index is 13.3. The molecule has 6 rings (SSSR count). The average Bonchev–Trinajstić information content (AvgIpc) is 3.63. The highest BCUT2D eigenvalue weighted by Gasteiger charge is 2.43. The molecular formula is C43H56N7O16P3. The Morgan fingerprint density at radius 1 is 0.928 bits per heavy atom. The van der Waals surface area contributed by atoms with Gasteiger partial charge in [0.1, 0.15) is 29.5 Å². The van der Waals surface area contributed by atoms with Crippen LogP contribution in [0.2, 0.25) is 0 Å². The first-order chi connectivity index (χ1) is 32.6. The molecule has 1 saturated heterocycles. The third kappa shape index (κ3) is 13.8. The van der Waals surface area contributed by atoms with Gasteiger partial charge in [0.25, 0.3) is 5.91 Å². The molecule has 3 aliphatic rings. The number of fused-ring (bicyclic) bond motifs is 2. The standard InChI is InChI=1S/C43H56N7O16P3/c1-5-45-32-21-35-30(18-25(32)3)40(31-19-26(4)33(46-6-2)22-36(31)63-35)28-13-12-27(20-29(28)42(53)54)41(52)47-15-10-8-7-9-11-16-48-67(56,57)65-69(60,61)66-68(58,59)62-24-37-34(51)23-39(64-37)50-17-14-38(44)49-43(50)55/h12-14,17-22,34,37,39,45,51H,5-11,15-16,23-24H2,1-4H3,(H,47,52)(H,53,54)(H,58,59)(H,60,61)(H2,44,49,55)(H2,48,56,57)/t34-,37+,39+/m0/s1. The third-order valence-corrected chi connectivity index (χ3v) is 15.5. The highest BCUT2D eigenvalue weighted by molar-refractivity contribution is 7.67. The molecule has 23 nitrogen and oxygen atoms in total. The van der Waals surface area contributed by atoms with Crippen molar-refractivity contribution in [2.24, 2.45) is 4.99 Å². The third-order valence-electron chi connectivity index (χ3n) is 11.0. The molecule has 6 atom stereocenters. The molecule has 3 aromatic rings. The fraction of sp³-hybridized carbons (Fsp3) is 0.419. The van der Waals surface area contributed by atoms with E-state index in [1.54, 1.807) is 12.1 Å². The molecule has 1 fully saturated rings. The Hall–Kier alpha value is -5.12. The molecule has 0 spiro atoms. The predicted molar refractivity (Wildman–Crippen MR) is 253 cm³/mol. The number of aliphatic hydroxyl groups is 1. The number of carbonyl (C=O) groups is 2. The summed E-state index contributed by atoms with van der Waals surface area (Å²) in [6.45, 7) is 8.33. The van der Waals surface area contributed by atoms with Crippen LogP contribution in [0.25, 0.3) is 33.4 Å². The van der Waals surface area contributed by atoms with Gasteiger partial charge >= 0.3 is 35.1 Å². The summed E-state index contributed by atoms with van der Waals surface area (Å²) in [7, 11) is -16.2. The number of hydrogen-bond donors (Lipinski definition) is 9. The Balaban J connectivity index is 0.961. The molecular weight excluding hydrogens is 963 g/mol. The van der Waals surface area contributed by atoms with Crippen LogP contribution in [0.5, 0.6) is 0 Å². The fourth-order valence-corrected chi connectivity index (χ4v) is 11.5. The van der Waals surface area contributed by atoms with Crippen molar-refractivity contribution in [3.05, 3.63) is 92.8 Å². The number of carbonyl (C=O) groups excluding carboxylic acids is 1. The fourth-order valence-electron chi connectivity index (χ4n) is 7.77. The second-order valence-electron chi connectivity index (χ2n) is 16.2. The van der Waals surface area contributed by atoms with Gasteiger partial charge in [0, 0.05) is 78.7 Å². The first-order valence-corrected chi connectivity index (χ1v) is 26.6. The van der Waals surface area contributed by atoms with E-state index in [1.807, 2.05) is 52.0 Å². The second-order valence-corrected chi connectivity index (χ2v) is 21.0. The number of rotatable bonds is 23. The molecule has 0 radical (unpaired) electrons. The van der Waals surface area contributed by atoms with Crippen LogP contribution in [0.15, 0.2) is 68.9 Å². The molecule has 2 aliphatic heterocycles. The van der Waals surface area contributed by atoms with Crippen LogP contribution >= 0.6 is 23.4 Å². The van der Waals surface area contributed by atoms with Gasteiger partial charge in [0.2, 0.25) is 0 Å². The molecule has 3 unspecified atom stereocenters. The topological polar surface area (TPSA) is 346 Å². The van der Waals surface area contributed by atoms with E-state index in [2.05, 4.69) is 38.8 Å². The van der Waals surface area contributed by atoms with E-state index in [0.717, 1.165) is 26.7 Å². The number of nitrogens with two attached hydrogens (primary N) is 1. The van der Waals surface area contributed by atoms with Gasteiger partial charge in [0.15, 0.2) is 0 Å². The number of aryl methyl sites for hydroxylation is 2. The van der Waals surface area contributed by atoms with Crippen LogP contribution in [-0.4, -0.2) is 91.3 Å². The minimum Gasteiger partial charge on any atom is -0.478 e. The lowest BCUT2D eigenvalue weighted by atomic mass is 9.88. The number of nitrogens with zero attached hydrogens (tertiary/aromatic N) is 3. The quantitative estimate of drug-likeness (QED) is 0.0206. The number of phosphoric ester groups is 1. The van der Waals surface area contributed by atoms with Crippen molar-refractivity contribution in [1.82, 2.24) is 20.0 Å². The summed E-state index contributed by atoms with van der Waals surface area (Å²) in [6, 6.07) is 13.6. The van der Waals surface area contributed by atoms with Crippen molar-refractivity contribution in [3.8, 4) is 22.5 Å². The molecule has 0 bridgehead atoms. The predicted octanol–water partition coefficient (Wildman–Crippen LogP) is 5.98. The van der Waals surface area contributed by atoms with E-state index in [-0.39, 0.29) is 36.5 Å². The minimum absolute atomic E-state index is 0.0480. The summed E-state index contributed by atoms with van der Waals surface area (Å²) in [5, 5.41) is 30.5. The van der Waals surface area contributed by atoms with Crippen molar-refractivity contribution in [2.45, 2.75) is 84.7 Å². The van der Waals surface area contributed by atoms with E-state index < -0.39 is 66.0 Å². The lowest BCUT2D eigenvalue weighted by Crippen LogP contribution is -2.28. The lowest BCUT2D eigenvalue weighted by Gasteiger charge is -2.20. The molecule has 3 heterocycles. The molecule has 374 valence electrons. The van der Waals surface area contributed by atoms with Crippen LogP contribution in [0.3, 0.4) is 0 Å². The van der Waals surface area contributed by atoms with Crippen LogP contribution in [0, 0.1) is 13.8 Å². The van der Waals surface area contributed by atoms with Crippen molar-refractivity contribution >= 4 is 57.7 Å². The van der Waals surface area contributed by atoms with Gasteiger partial charge in [-0.05, 0) is 87.6 Å². The number of phosphoric acid groups is 2. The summed E-state index contributed by atoms with van der Waals surface area (Å²) < 4.78 is 63.3. The van der Waals surface area contributed by atoms with Crippen molar-refractivity contribution in [3.63, 3.8) is 0 Å². The highest BCUT2D eigenvalue weighted by atomic mass is 31.3. The Morgan fingerprint density at radius 3 is 2.35 bits per heavy atom. The molecule has 0 saturated carbocycles. The molecule has 10 N–H and O–H groups in total. The van der Waals surface area contributed by atoms with E-state index in [1.165, 1.54) is 18.3 Å². The van der Waals surface area contributed by atoms with E-state index in [4.69, 9.17) is 14.9 Å². The van der Waals surface area contributed by atoms with Gasteiger partial charge in [-0.15, -0.1) is 0 Å². The average molecular weight is 1020 g/mol. The van der Waals surface area contributed by atoms with Crippen LogP contribution < -0.4 is 32.5 Å². The number of aromatic nitrogens is 2. The summed E-state index contributed by atoms with van der Waals surface area (Å²) >= 11 is 0. The van der Waals surface area contributed by atoms with Crippen molar-refractivity contribution < 1.29 is 70.5 Å². The van der Waals surface area contributed by atoms with Gasteiger partial charge in [-0.1, -0.05) is 25.3 Å². The molecule has 1 aliphatic carbocycles. The maximum atomic E-state index is 13.3. The Morgan fingerprint density at radius 2 is 1.65 bits per heavy atom. The Labute approximate surface area is 395 Å². The van der Waals surface area contributed by atoms with E-state index in [0.29, 0.717) is 78.6 Å². The van der Waals surface area contributed by atoms with E-state index >= 15 is 0 Å². The largest absolute Gasteiger partial charge is 0.489 e. The number of nitrogens with one attached hydrogen (secondary N) is 3. The van der Waals surface area contributed by atoms with Crippen molar-refractivity contribution in [1.29, 1.82) is 0 Å². The number of nitrogen functional groups attached to an aromatic ring is 1. The first kappa shape index (κ1) is 53.2. The molecule has 1 amide bonds. The number of amides is 1.